The van der Waals surface area contributed by atoms with Gasteiger partial charge in [-0.3, -0.25) is 0 Å². The predicted octanol–water partition coefficient (Wildman–Crippen LogP) is 10.7. The lowest BCUT2D eigenvalue weighted by atomic mass is 9.69. The summed E-state index contributed by atoms with van der Waals surface area (Å²) in [5.41, 5.74) is 1.92. The highest BCUT2D eigenvalue weighted by Gasteiger charge is 2.31. The van der Waals surface area contributed by atoms with Crippen molar-refractivity contribution in [3.8, 4) is 0 Å². The summed E-state index contributed by atoms with van der Waals surface area (Å²) in [6, 6.07) is 7.77. The van der Waals surface area contributed by atoms with E-state index >= 15 is 0 Å². The van der Waals surface area contributed by atoms with E-state index in [2.05, 4.69) is 19.1 Å². The highest BCUT2D eigenvalue weighted by molar-refractivity contribution is 5.50. The molecule has 2 aliphatic carbocycles. The number of unbranched alkanes of at least 4 members (excludes halogenated alkanes) is 9. The molecule has 0 radical (unpaired) electrons. The number of benzene rings is 1. The molecule has 3 rings (SSSR count). The van der Waals surface area contributed by atoms with Crippen molar-refractivity contribution in [2.75, 3.05) is 6.61 Å². The number of hydrogen-bond donors (Lipinski definition) is 0. The van der Waals surface area contributed by atoms with Crippen LogP contribution in [0.2, 0.25) is 0 Å². The molecule has 0 heterocycles. The van der Waals surface area contributed by atoms with Crippen LogP contribution in [-0.2, 0) is 4.74 Å². The lowest BCUT2D eigenvalue weighted by Crippen LogP contribution is -2.28. The van der Waals surface area contributed by atoms with E-state index in [-0.39, 0.29) is 0 Å². The van der Waals surface area contributed by atoms with E-state index in [0.29, 0.717) is 17.6 Å². The zero-order chi connectivity index (χ0) is 24.7. The Morgan fingerprint density at radius 2 is 1.23 bits per heavy atom. The van der Waals surface area contributed by atoms with Crippen molar-refractivity contribution in [2.24, 2.45) is 11.8 Å². The molecule has 0 aliphatic heterocycles. The Labute approximate surface area is 214 Å². The summed E-state index contributed by atoms with van der Waals surface area (Å²) in [5, 5.41) is 0. The second kappa shape index (κ2) is 16.5. The van der Waals surface area contributed by atoms with Crippen LogP contribution in [0.3, 0.4) is 0 Å². The van der Waals surface area contributed by atoms with E-state index in [1.807, 2.05) is 12.1 Å². The minimum absolute atomic E-state index is 0.503. The molecular formula is C32H50F2O. The van der Waals surface area contributed by atoms with Gasteiger partial charge in [-0.25, -0.2) is 0 Å². The fraction of sp³-hybridized carbons (Fsp3) is 0.750. The topological polar surface area (TPSA) is 9.23 Å². The van der Waals surface area contributed by atoms with Crippen LogP contribution >= 0.6 is 0 Å². The normalized spacial score (nSPS) is 24.9. The monoisotopic (exact) mass is 488 g/mol. The van der Waals surface area contributed by atoms with E-state index in [9.17, 15) is 8.78 Å². The first-order valence-corrected chi connectivity index (χ1v) is 14.9. The molecular weight excluding hydrogens is 438 g/mol. The number of hydrogen-bond acceptors (Lipinski definition) is 1. The van der Waals surface area contributed by atoms with Crippen LogP contribution in [0.4, 0.5) is 8.78 Å². The maximum absolute atomic E-state index is 12.4. The summed E-state index contributed by atoms with van der Waals surface area (Å²) in [7, 11) is 0. The van der Waals surface area contributed by atoms with Gasteiger partial charge in [-0.2, -0.15) is 8.78 Å². The lowest BCUT2D eigenvalue weighted by Gasteiger charge is -2.38. The van der Waals surface area contributed by atoms with Gasteiger partial charge >= 0.3 is 0 Å². The van der Waals surface area contributed by atoms with Crippen molar-refractivity contribution in [2.45, 2.75) is 135 Å². The molecule has 2 fully saturated rings. The zero-order valence-corrected chi connectivity index (χ0v) is 22.3. The van der Waals surface area contributed by atoms with Crippen LogP contribution in [0.5, 0.6) is 0 Å². The minimum Gasteiger partial charge on any atom is -0.378 e. The molecule has 0 bridgehead atoms. The second-order valence-electron chi connectivity index (χ2n) is 11.3. The van der Waals surface area contributed by atoms with Crippen LogP contribution < -0.4 is 0 Å². The van der Waals surface area contributed by atoms with Gasteiger partial charge in [0.2, 0.25) is 0 Å². The molecule has 0 spiro atoms. The molecule has 198 valence electrons. The van der Waals surface area contributed by atoms with E-state index in [1.54, 1.807) is 0 Å². The Bertz CT molecular complexity index is 693. The zero-order valence-electron chi connectivity index (χ0n) is 22.3. The average molecular weight is 489 g/mol. The molecule has 1 aromatic carbocycles. The third kappa shape index (κ3) is 10.7. The van der Waals surface area contributed by atoms with Crippen LogP contribution in [0.25, 0.3) is 6.08 Å². The molecule has 2 aliphatic rings. The van der Waals surface area contributed by atoms with Crippen molar-refractivity contribution in [1.82, 2.24) is 0 Å². The van der Waals surface area contributed by atoms with Gasteiger partial charge in [-0.05, 0) is 86.7 Å². The van der Waals surface area contributed by atoms with Crippen LogP contribution in [-0.4, -0.2) is 12.7 Å². The largest absolute Gasteiger partial charge is 0.378 e. The summed E-state index contributed by atoms with van der Waals surface area (Å²) in [6.45, 7) is 3.24. The number of rotatable bonds is 15. The first kappa shape index (κ1) is 28.4. The maximum Gasteiger partial charge on any atom is 0.270 e. The Kier molecular flexibility index (Phi) is 13.4. The summed E-state index contributed by atoms with van der Waals surface area (Å²) < 4.78 is 31.1. The molecule has 0 amide bonds. The van der Waals surface area contributed by atoms with Gasteiger partial charge in [0, 0.05) is 12.7 Å². The Balaban J connectivity index is 1.21. The van der Waals surface area contributed by atoms with Crippen LogP contribution in [0.15, 0.2) is 30.3 Å². The third-order valence-electron chi connectivity index (χ3n) is 8.69. The van der Waals surface area contributed by atoms with E-state index < -0.39 is 6.08 Å². The van der Waals surface area contributed by atoms with Gasteiger partial charge < -0.3 is 4.74 Å². The molecule has 0 unspecified atom stereocenters. The van der Waals surface area contributed by atoms with Gasteiger partial charge in [0.1, 0.15) is 0 Å². The van der Waals surface area contributed by atoms with Crippen LogP contribution in [0, 0.1) is 11.8 Å². The standard InChI is InChI=1S/C32H50F2O/c1-2-3-4-5-6-7-8-9-10-11-24-35-31-22-20-30(21-23-31)29-18-16-28(17-19-29)27-14-12-26(13-15-27)25-32(33)34/h12-15,25,28-31H,2-11,16-24H2,1H3. The number of ether oxygens (including phenoxy) is 1. The SMILES string of the molecule is CCCCCCCCCCCCOC1CCC(C2CCC(c3ccc(C=C(F)F)cc3)CC2)CC1. The summed E-state index contributed by atoms with van der Waals surface area (Å²) >= 11 is 0. The molecule has 0 saturated heterocycles. The second-order valence-corrected chi connectivity index (χ2v) is 11.3. The van der Waals surface area contributed by atoms with E-state index in [4.69, 9.17) is 4.74 Å². The predicted molar refractivity (Wildman–Crippen MR) is 145 cm³/mol. The average Bonchev–Trinajstić information content (AvgIpc) is 2.88. The van der Waals surface area contributed by atoms with Crippen molar-refractivity contribution in [3.63, 3.8) is 0 Å². The van der Waals surface area contributed by atoms with Gasteiger partial charge in [-0.1, -0.05) is 89.0 Å². The Morgan fingerprint density at radius 1 is 0.714 bits per heavy atom. The molecule has 35 heavy (non-hydrogen) atoms. The summed E-state index contributed by atoms with van der Waals surface area (Å²) in [4.78, 5) is 0. The fourth-order valence-electron chi connectivity index (χ4n) is 6.48. The van der Waals surface area contributed by atoms with Gasteiger partial charge in [-0.15, -0.1) is 0 Å². The van der Waals surface area contributed by atoms with Gasteiger partial charge in [0.15, 0.2) is 0 Å². The summed E-state index contributed by atoms with van der Waals surface area (Å²) in [6.07, 6.45) is 23.9. The van der Waals surface area contributed by atoms with Crippen molar-refractivity contribution in [3.05, 3.63) is 41.5 Å². The number of halogens is 2. The van der Waals surface area contributed by atoms with Crippen molar-refractivity contribution >= 4 is 6.08 Å². The molecule has 1 aromatic rings. The lowest BCUT2D eigenvalue weighted by molar-refractivity contribution is 0.00624. The highest BCUT2D eigenvalue weighted by atomic mass is 19.3. The molecule has 0 atom stereocenters. The van der Waals surface area contributed by atoms with Gasteiger partial charge in [0.05, 0.1) is 6.10 Å². The van der Waals surface area contributed by atoms with Crippen molar-refractivity contribution in [1.29, 1.82) is 0 Å². The molecule has 1 nitrogen and oxygen atoms in total. The smallest absolute Gasteiger partial charge is 0.270 e. The first-order valence-electron chi connectivity index (χ1n) is 14.9. The van der Waals surface area contributed by atoms with Crippen molar-refractivity contribution < 1.29 is 13.5 Å². The Hall–Kier alpha value is -1.22. The van der Waals surface area contributed by atoms with E-state index in [1.165, 1.54) is 121 Å². The minimum atomic E-state index is -1.63. The van der Waals surface area contributed by atoms with Gasteiger partial charge in [0.25, 0.3) is 6.08 Å². The fourth-order valence-corrected chi connectivity index (χ4v) is 6.48. The molecule has 0 aromatic heterocycles. The third-order valence-corrected chi connectivity index (χ3v) is 8.69. The quantitative estimate of drug-likeness (QED) is 0.223. The maximum atomic E-state index is 12.4. The molecule has 0 N–H and O–H groups in total. The first-order chi connectivity index (χ1) is 17.2. The Morgan fingerprint density at radius 3 is 1.77 bits per heavy atom. The molecule has 3 heteroatoms. The van der Waals surface area contributed by atoms with Crippen LogP contribution in [0.1, 0.15) is 140 Å². The molecule has 2 saturated carbocycles. The highest BCUT2D eigenvalue weighted by Crippen LogP contribution is 2.43. The van der Waals surface area contributed by atoms with E-state index in [0.717, 1.165) is 24.5 Å². The summed E-state index contributed by atoms with van der Waals surface area (Å²) in [5.74, 6) is 2.35.